The Morgan fingerprint density at radius 3 is 2.43 bits per heavy atom. The van der Waals surface area contributed by atoms with Gasteiger partial charge in [-0.2, -0.15) is 17.7 Å². The molecule has 1 saturated heterocycles. The van der Waals surface area contributed by atoms with Crippen molar-refractivity contribution in [2.24, 2.45) is 0 Å². The molecule has 2 aromatic heterocycles. The summed E-state index contributed by atoms with van der Waals surface area (Å²) in [5.74, 6) is -0.0179. The Hall–Kier alpha value is -2.88. The third kappa shape index (κ3) is 4.33. The van der Waals surface area contributed by atoms with Crippen LogP contribution >= 0.6 is 0 Å². The van der Waals surface area contributed by atoms with Crippen molar-refractivity contribution in [1.29, 1.82) is 0 Å². The van der Waals surface area contributed by atoms with Crippen molar-refractivity contribution in [3.8, 4) is 5.75 Å². The van der Waals surface area contributed by atoms with Crippen LogP contribution in [0.2, 0.25) is 0 Å². The number of methoxy groups -OCH3 is 1. The van der Waals surface area contributed by atoms with E-state index in [2.05, 4.69) is 25.5 Å². The number of benzene rings is 1. The zero-order chi connectivity index (χ0) is 21.1. The Balaban J connectivity index is 1.57. The normalized spacial score (nSPS) is 16.5. The Kier molecular flexibility index (Phi) is 5.76. The van der Waals surface area contributed by atoms with Gasteiger partial charge in [0.2, 0.25) is 0 Å². The second kappa shape index (κ2) is 8.47. The topological polar surface area (TPSA) is 67.6 Å². The minimum Gasteiger partial charge on any atom is -0.497 e. The van der Waals surface area contributed by atoms with E-state index in [9.17, 15) is 13.2 Å². The number of fused-ring (bicyclic) bond motifs is 1. The van der Waals surface area contributed by atoms with Crippen molar-refractivity contribution in [3.05, 3.63) is 47.8 Å². The number of aromatic nitrogens is 4. The van der Waals surface area contributed by atoms with Gasteiger partial charge in [-0.1, -0.05) is 18.6 Å². The molecule has 3 heterocycles. The molecule has 0 amide bonds. The maximum Gasteiger partial charge on any atom is 0.453 e. The molecule has 1 fully saturated rings. The minimum atomic E-state index is -4.62. The van der Waals surface area contributed by atoms with E-state index in [1.165, 1.54) is 12.5 Å². The molecule has 1 atom stereocenters. The average Bonchev–Trinajstić information content (AvgIpc) is 3.19. The molecule has 3 aromatic rings. The predicted octanol–water partition coefficient (Wildman–Crippen LogP) is 3.79. The van der Waals surface area contributed by atoms with Crippen LogP contribution in [0.5, 0.6) is 5.75 Å². The van der Waals surface area contributed by atoms with Crippen LogP contribution < -0.4 is 10.1 Å². The van der Waals surface area contributed by atoms with Crippen LogP contribution in [-0.4, -0.2) is 51.5 Å². The van der Waals surface area contributed by atoms with Gasteiger partial charge in [0.15, 0.2) is 5.65 Å². The molecular weight excluding hydrogens is 397 g/mol. The molecule has 160 valence electrons. The van der Waals surface area contributed by atoms with E-state index in [-0.39, 0.29) is 11.7 Å². The molecule has 0 radical (unpaired) electrons. The number of halogens is 3. The summed E-state index contributed by atoms with van der Waals surface area (Å²) in [7, 11) is 1.63. The number of likely N-dealkylation sites (tertiary alicyclic amines) is 1. The lowest BCUT2D eigenvalue weighted by Gasteiger charge is -2.35. The van der Waals surface area contributed by atoms with Crippen LogP contribution in [0.1, 0.15) is 36.7 Å². The molecule has 1 aliphatic rings. The Bertz CT molecular complexity index is 982. The van der Waals surface area contributed by atoms with Crippen LogP contribution in [0.4, 0.5) is 19.0 Å². The summed E-state index contributed by atoms with van der Waals surface area (Å²) in [6.07, 6.45) is -1.14. The maximum atomic E-state index is 13.1. The summed E-state index contributed by atoms with van der Waals surface area (Å²) in [6.45, 7) is 2.47. The Labute approximate surface area is 171 Å². The summed E-state index contributed by atoms with van der Waals surface area (Å²) in [5.41, 5.74) is 1.17. The summed E-state index contributed by atoms with van der Waals surface area (Å²) >= 11 is 0. The van der Waals surface area contributed by atoms with Crippen molar-refractivity contribution in [2.45, 2.75) is 31.5 Å². The van der Waals surface area contributed by atoms with Crippen molar-refractivity contribution >= 4 is 11.5 Å². The predicted molar refractivity (Wildman–Crippen MR) is 105 cm³/mol. The molecule has 0 spiro atoms. The Morgan fingerprint density at radius 1 is 1.03 bits per heavy atom. The molecule has 7 nitrogen and oxygen atoms in total. The minimum absolute atomic E-state index is 0.0515. The van der Waals surface area contributed by atoms with Crippen molar-refractivity contribution in [2.75, 3.05) is 32.1 Å². The van der Waals surface area contributed by atoms with Gasteiger partial charge in [-0.3, -0.25) is 4.90 Å². The molecule has 1 N–H and O–H groups in total. The third-order valence-electron chi connectivity index (χ3n) is 5.32. The van der Waals surface area contributed by atoms with Gasteiger partial charge in [0.25, 0.3) is 5.82 Å². The van der Waals surface area contributed by atoms with E-state index in [0.29, 0.717) is 12.4 Å². The molecular formula is C20H23F3N6O. The van der Waals surface area contributed by atoms with Crippen LogP contribution in [0.3, 0.4) is 0 Å². The highest BCUT2D eigenvalue weighted by atomic mass is 19.4. The third-order valence-corrected chi connectivity index (χ3v) is 5.32. The van der Waals surface area contributed by atoms with Gasteiger partial charge in [0.05, 0.1) is 13.2 Å². The first kappa shape index (κ1) is 20.4. The van der Waals surface area contributed by atoms with Gasteiger partial charge in [-0.15, -0.1) is 15.3 Å². The second-order valence-electron chi connectivity index (χ2n) is 7.28. The lowest BCUT2D eigenvalue weighted by molar-refractivity contribution is -0.146. The van der Waals surface area contributed by atoms with Gasteiger partial charge in [-0.25, -0.2) is 0 Å². The molecule has 30 heavy (non-hydrogen) atoms. The maximum absolute atomic E-state index is 13.1. The molecule has 1 aromatic carbocycles. The number of hydrogen-bond donors (Lipinski definition) is 1. The van der Waals surface area contributed by atoms with E-state index in [4.69, 9.17) is 4.74 Å². The van der Waals surface area contributed by atoms with Gasteiger partial charge in [0.1, 0.15) is 11.6 Å². The van der Waals surface area contributed by atoms with Crippen molar-refractivity contribution in [3.63, 3.8) is 0 Å². The number of rotatable bonds is 6. The van der Waals surface area contributed by atoms with E-state index in [0.717, 1.165) is 41.8 Å². The molecule has 0 aliphatic carbocycles. The summed E-state index contributed by atoms with van der Waals surface area (Å²) in [5, 5.41) is 14.0. The number of anilines is 1. The lowest BCUT2D eigenvalue weighted by atomic mass is 10.0. The summed E-state index contributed by atoms with van der Waals surface area (Å²) in [4.78, 5) is 2.40. The van der Waals surface area contributed by atoms with Crippen molar-refractivity contribution in [1.82, 2.24) is 24.7 Å². The fraction of sp³-hybridized carbons (Fsp3) is 0.450. The zero-order valence-corrected chi connectivity index (χ0v) is 16.6. The smallest absolute Gasteiger partial charge is 0.453 e. The first-order valence-electron chi connectivity index (χ1n) is 9.87. The highest BCUT2D eigenvalue weighted by Crippen LogP contribution is 2.29. The van der Waals surface area contributed by atoms with E-state index < -0.39 is 12.0 Å². The van der Waals surface area contributed by atoms with E-state index in [1.807, 2.05) is 24.3 Å². The monoisotopic (exact) mass is 420 g/mol. The standard InChI is InChI=1S/C20H23F3N6O/c1-30-15-7-5-14(6-8-15)16(28-11-3-2-4-12-28)13-24-17-9-10-18-25-26-19(20(21,22)23)29(18)27-17/h5-10,16H,2-4,11-13H2,1H3,(H,24,27)/t16-/m1/s1. The molecule has 4 rings (SSSR count). The van der Waals surface area contributed by atoms with E-state index >= 15 is 0 Å². The van der Waals surface area contributed by atoms with E-state index in [1.54, 1.807) is 13.2 Å². The first-order chi connectivity index (χ1) is 14.5. The van der Waals surface area contributed by atoms with Gasteiger partial charge >= 0.3 is 6.18 Å². The number of nitrogens with zero attached hydrogens (tertiary/aromatic N) is 5. The molecule has 10 heteroatoms. The largest absolute Gasteiger partial charge is 0.497 e. The fourth-order valence-electron chi connectivity index (χ4n) is 3.78. The summed E-state index contributed by atoms with van der Waals surface area (Å²) in [6, 6.07) is 11.0. The number of alkyl halides is 3. The molecule has 0 bridgehead atoms. The van der Waals surface area contributed by atoms with Gasteiger partial charge in [-0.05, 0) is 55.8 Å². The second-order valence-corrected chi connectivity index (χ2v) is 7.28. The first-order valence-corrected chi connectivity index (χ1v) is 9.87. The van der Waals surface area contributed by atoms with Crippen LogP contribution in [-0.2, 0) is 6.18 Å². The molecule has 0 unspecified atom stereocenters. The number of hydrogen-bond acceptors (Lipinski definition) is 6. The number of nitrogens with one attached hydrogen (secondary N) is 1. The Morgan fingerprint density at radius 2 is 1.77 bits per heavy atom. The highest BCUT2D eigenvalue weighted by Gasteiger charge is 2.37. The van der Waals surface area contributed by atoms with Crippen LogP contribution in [0.25, 0.3) is 5.65 Å². The lowest BCUT2D eigenvalue weighted by Crippen LogP contribution is -2.37. The molecule has 0 saturated carbocycles. The zero-order valence-electron chi connectivity index (χ0n) is 16.6. The van der Waals surface area contributed by atoms with Gasteiger partial charge < -0.3 is 10.1 Å². The van der Waals surface area contributed by atoms with Gasteiger partial charge in [0, 0.05) is 6.54 Å². The highest BCUT2D eigenvalue weighted by molar-refractivity contribution is 5.44. The average molecular weight is 420 g/mol. The fourth-order valence-corrected chi connectivity index (χ4v) is 3.78. The summed E-state index contributed by atoms with van der Waals surface area (Å²) < 4.78 is 45.3. The SMILES string of the molecule is COc1ccc([C@@H](CNc2ccc3nnc(C(F)(F)F)n3n2)N2CCCCC2)cc1. The molecule has 1 aliphatic heterocycles. The van der Waals surface area contributed by atoms with Crippen LogP contribution in [0, 0.1) is 0 Å². The number of ether oxygens (including phenoxy) is 1. The van der Waals surface area contributed by atoms with Crippen LogP contribution in [0.15, 0.2) is 36.4 Å². The number of piperidine rings is 1. The quantitative estimate of drug-likeness (QED) is 0.655. The van der Waals surface area contributed by atoms with Crippen molar-refractivity contribution < 1.29 is 17.9 Å².